The standard InChI is InChI=1S/C18H18ClNOS2/c19-15-5-7-16(8-6-15)23-17-4-2-1-3-14(17)13-18(22)20-9-11-21-12-10-20/h1-8H,9-13H2. The molecule has 0 amide bonds. The number of nitrogens with zero attached hydrogens (tertiary/aromatic N) is 1. The van der Waals surface area contributed by atoms with Crippen LogP contribution in [0.25, 0.3) is 0 Å². The second-order valence-electron chi connectivity index (χ2n) is 5.33. The highest BCUT2D eigenvalue weighted by Gasteiger charge is 2.15. The number of hydrogen-bond acceptors (Lipinski definition) is 3. The van der Waals surface area contributed by atoms with Crippen molar-refractivity contribution in [2.24, 2.45) is 0 Å². The van der Waals surface area contributed by atoms with Crippen molar-refractivity contribution in [1.29, 1.82) is 0 Å². The van der Waals surface area contributed by atoms with Crippen LogP contribution < -0.4 is 0 Å². The van der Waals surface area contributed by atoms with Crippen LogP contribution in [0.15, 0.2) is 58.3 Å². The summed E-state index contributed by atoms with van der Waals surface area (Å²) in [4.78, 5) is 5.67. The fourth-order valence-electron chi connectivity index (χ4n) is 2.47. The number of ether oxygens (including phenoxy) is 1. The second kappa shape index (κ2) is 8.15. The zero-order valence-electron chi connectivity index (χ0n) is 12.7. The second-order valence-corrected chi connectivity index (χ2v) is 7.36. The Bertz CT molecular complexity index is 669. The van der Waals surface area contributed by atoms with E-state index in [1.165, 1.54) is 15.4 Å². The maximum Gasteiger partial charge on any atom is 0.0825 e. The molecule has 0 saturated carbocycles. The van der Waals surface area contributed by atoms with Gasteiger partial charge in [-0.25, -0.2) is 0 Å². The van der Waals surface area contributed by atoms with Crippen molar-refractivity contribution >= 4 is 40.6 Å². The number of halogens is 1. The minimum atomic E-state index is 0.760. The summed E-state index contributed by atoms with van der Waals surface area (Å²) < 4.78 is 5.40. The number of morpholine rings is 1. The van der Waals surface area contributed by atoms with Crippen molar-refractivity contribution in [1.82, 2.24) is 4.90 Å². The molecular formula is C18H18ClNOS2. The minimum absolute atomic E-state index is 0.760. The lowest BCUT2D eigenvalue weighted by Crippen LogP contribution is -2.40. The maximum atomic E-state index is 5.96. The van der Waals surface area contributed by atoms with Crippen molar-refractivity contribution in [3.05, 3.63) is 59.1 Å². The predicted octanol–water partition coefficient (Wildman–Crippen LogP) is 4.69. The van der Waals surface area contributed by atoms with Gasteiger partial charge < -0.3 is 9.64 Å². The van der Waals surface area contributed by atoms with Crippen molar-refractivity contribution in [2.75, 3.05) is 26.3 Å². The molecule has 0 unspecified atom stereocenters. The number of benzene rings is 2. The molecule has 2 nitrogen and oxygen atoms in total. The Morgan fingerprint density at radius 1 is 1.09 bits per heavy atom. The Morgan fingerprint density at radius 2 is 1.78 bits per heavy atom. The van der Waals surface area contributed by atoms with E-state index in [4.69, 9.17) is 28.6 Å². The van der Waals surface area contributed by atoms with Gasteiger partial charge in [-0.2, -0.15) is 0 Å². The molecule has 1 heterocycles. The van der Waals surface area contributed by atoms with Crippen LogP contribution in [0.3, 0.4) is 0 Å². The maximum absolute atomic E-state index is 5.96. The van der Waals surface area contributed by atoms with E-state index >= 15 is 0 Å². The molecule has 5 heteroatoms. The molecule has 1 fully saturated rings. The van der Waals surface area contributed by atoms with Crippen molar-refractivity contribution in [3.63, 3.8) is 0 Å². The minimum Gasteiger partial charge on any atom is -0.378 e. The molecule has 0 aliphatic carbocycles. The third-order valence-corrected chi connectivity index (χ3v) is 5.50. The number of hydrogen-bond donors (Lipinski definition) is 0. The molecule has 1 saturated heterocycles. The van der Waals surface area contributed by atoms with Crippen molar-refractivity contribution in [3.8, 4) is 0 Å². The van der Waals surface area contributed by atoms with Crippen LogP contribution in [0.5, 0.6) is 0 Å². The van der Waals surface area contributed by atoms with Gasteiger partial charge >= 0.3 is 0 Å². The van der Waals surface area contributed by atoms with E-state index in [0.717, 1.165) is 42.7 Å². The Morgan fingerprint density at radius 3 is 2.52 bits per heavy atom. The van der Waals surface area contributed by atoms with Crippen LogP contribution in [-0.4, -0.2) is 36.2 Å². The summed E-state index contributed by atoms with van der Waals surface area (Å²) in [6.07, 6.45) is 0.798. The van der Waals surface area contributed by atoms with Gasteiger partial charge in [-0.3, -0.25) is 0 Å². The zero-order valence-corrected chi connectivity index (χ0v) is 15.1. The molecule has 0 N–H and O–H groups in total. The Balaban J connectivity index is 1.72. The topological polar surface area (TPSA) is 12.5 Å². The summed E-state index contributed by atoms with van der Waals surface area (Å²) in [6, 6.07) is 16.4. The highest BCUT2D eigenvalue weighted by Crippen LogP contribution is 2.31. The molecule has 120 valence electrons. The molecule has 0 spiro atoms. The summed E-state index contributed by atoms with van der Waals surface area (Å²) in [5, 5.41) is 0.760. The lowest BCUT2D eigenvalue weighted by Gasteiger charge is -2.29. The fourth-order valence-corrected chi connectivity index (χ4v) is 3.87. The molecule has 23 heavy (non-hydrogen) atoms. The average molecular weight is 364 g/mol. The van der Waals surface area contributed by atoms with E-state index in [-0.39, 0.29) is 0 Å². The normalized spacial score (nSPS) is 14.7. The highest BCUT2D eigenvalue weighted by molar-refractivity contribution is 7.99. The Hall–Kier alpha value is -1.07. The fraction of sp³-hybridized carbons (Fsp3) is 0.278. The lowest BCUT2D eigenvalue weighted by atomic mass is 10.1. The van der Waals surface area contributed by atoms with E-state index in [1.54, 1.807) is 11.8 Å². The molecule has 0 atom stereocenters. The third-order valence-electron chi connectivity index (χ3n) is 3.72. The summed E-state index contributed by atoms with van der Waals surface area (Å²) in [5.41, 5.74) is 1.27. The van der Waals surface area contributed by atoms with Gasteiger partial charge in [-0.1, -0.05) is 53.8 Å². The van der Waals surface area contributed by atoms with Gasteiger partial charge in [-0.05, 0) is 35.9 Å². The average Bonchev–Trinajstić information content (AvgIpc) is 2.59. The zero-order chi connectivity index (χ0) is 16.1. The van der Waals surface area contributed by atoms with Gasteiger partial charge in [-0.15, -0.1) is 0 Å². The first-order chi connectivity index (χ1) is 11.2. The van der Waals surface area contributed by atoms with E-state index in [1.807, 2.05) is 24.3 Å². The van der Waals surface area contributed by atoms with Gasteiger partial charge in [0.25, 0.3) is 0 Å². The third kappa shape index (κ3) is 4.70. The smallest absolute Gasteiger partial charge is 0.0825 e. The molecule has 0 aromatic heterocycles. The van der Waals surface area contributed by atoms with Crippen LogP contribution in [-0.2, 0) is 11.2 Å². The molecular weight excluding hydrogens is 346 g/mol. The van der Waals surface area contributed by atoms with Gasteiger partial charge in [0.1, 0.15) is 0 Å². The van der Waals surface area contributed by atoms with Crippen LogP contribution in [0, 0.1) is 0 Å². The Kier molecular flexibility index (Phi) is 5.95. The summed E-state index contributed by atoms with van der Waals surface area (Å²) in [6.45, 7) is 3.32. The summed E-state index contributed by atoms with van der Waals surface area (Å²) in [7, 11) is 0. The first kappa shape index (κ1) is 16.8. The molecule has 1 aliphatic heterocycles. The van der Waals surface area contributed by atoms with Gasteiger partial charge in [0, 0.05) is 34.3 Å². The van der Waals surface area contributed by atoms with Crippen molar-refractivity contribution in [2.45, 2.75) is 16.2 Å². The van der Waals surface area contributed by atoms with E-state index < -0.39 is 0 Å². The van der Waals surface area contributed by atoms with Gasteiger partial charge in [0.15, 0.2) is 0 Å². The van der Waals surface area contributed by atoms with E-state index in [9.17, 15) is 0 Å². The highest BCUT2D eigenvalue weighted by atomic mass is 35.5. The van der Waals surface area contributed by atoms with E-state index in [0.29, 0.717) is 0 Å². The van der Waals surface area contributed by atoms with Crippen molar-refractivity contribution < 1.29 is 4.74 Å². The number of rotatable bonds is 4. The summed E-state index contributed by atoms with van der Waals surface area (Å²) in [5.74, 6) is 0. The van der Waals surface area contributed by atoms with Crippen LogP contribution in [0.4, 0.5) is 0 Å². The Labute approximate surface area is 151 Å². The number of thiocarbonyl (C=S) groups is 1. The summed E-state index contributed by atoms with van der Waals surface area (Å²) >= 11 is 13.3. The van der Waals surface area contributed by atoms with Crippen LogP contribution >= 0.6 is 35.6 Å². The molecule has 0 bridgehead atoms. The van der Waals surface area contributed by atoms with E-state index in [2.05, 4.69) is 29.2 Å². The molecule has 2 aromatic rings. The quantitative estimate of drug-likeness (QED) is 0.730. The van der Waals surface area contributed by atoms with Crippen LogP contribution in [0.1, 0.15) is 5.56 Å². The SMILES string of the molecule is S=C(Cc1ccccc1Sc1ccc(Cl)cc1)N1CCOCC1. The molecule has 2 aromatic carbocycles. The van der Waals surface area contributed by atoms with Gasteiger partial charge in [0.05, 0.1) is 18.2 Å². The largest absolute Gasteiger partial charge is 0.378 e. The first-order valence-electron chi connectivity index (χ1n) is 7.59. The predicted molar refractivity (Wildman–Crippen MR) is 101 cm³/mol. The first-order valence-corrected chi connectivity index (χ1v) is 9.19. The van der Waals surface area contributed by atoms with Gasteiger partial charge in [0.2, 0.25) is 0 Å². The molecule has 0 radical (unpaired) electrons. The lowest BCUT2D eigenvalue weighted by molar-refractivity contribution is 0.0684. The monoisotopic (exact) mass is 363 g/mol. The van der Waals surface area contributed by atoms with Crippen LogP contribution in [0.2, 0.25) is 5.02 Å². The molecule has 3 rings (SSSR count). The molecule has 1 aliphatic rings.